The minimum Gasteiger partial charge on any atom is -0.345 e. The Balaban J connectivity index is 1.75. The molecule has 0 unspecified atom stereocenters. The van der Waals surface area contributed by atoms with Gasteiger partial charge in [0.25, 0.3) is 0 Å². The van der Waals surface area contributed by atoms with Crippen molar-refractivity contribution in [3.05, 3.63) is 35.5 Å². The maximum Gasteiger partial charge on any atom is 0.0485 e. The fourth-order valence-corrected chi connectivity index (χ4v) is 3.65. The molecule has 3 heteroatoms. The van der Waals surface area contributed by atoms with Gasteiger partial charge in [-0.05, 0) is 62.9 Å². The van der Waals surface area contributed by atoms with Crippen LogP contribution in [0.15, 0.2) is 24.4 Å². The lowest BCUT2D eigenvalue weighted by molar-refractivity contribution is 0.238. The van der Waals surface area contributed by atoms with Gasteiger partial charge < -0.3 is 14.8 Å². The number of fused-ring (bicyclic) bond motifs is 1. The second-order valence-electron chi connectivity index (χ2n) is 7.06. The first kappa shape index (κ1) is 16.5. The first-order valence-corrected chi connectivity index (χ1v) is 9.24. The number of nitrogens with one attached hydrogen (secondary N) is 1. The lowest BCUT2D eigenvalue weighted by atomic mass is 10.0. The third kappa shape index (κ3) is 3.78. The smallest absolute Gasteiger partial charge is 0.0485 e. The van der Waals surface area contributed by atoms with Crippen LogP contribution in [0.2, 0.25) is 0 Å². The monoisotopic (exact) mass is 313 g/mol. The van der Waals surface area contributed by atoms with Gasteiger partial charge in [-0.1, -0.05) is 13.0 Å². The van der Waals surface area contributed by atoms with Gasteiger partial charge in [-0.2, -0.15) is 0 Å². The lowest BCUT2D eigenvalue weighted by Gasteiger charge is -2.27. The molecule has 0 radical (unpaired) electrons. The molecule has 0 atom stereocenters. The van der Waals surface area contributed by atoms with E-state index in [1.807, 2.05) is 0 Å². The molecule has 1 aliphatic rings. The highest BCUT2D eigenvalue weighted by atomic mass is 15.2. The van der Waals surface area contributed by atoms with Crippen LogP contribution in [0.25, 0.3) is 10.9 Å². The number of piperazine rings is 1. The third-order valence-corrected chi connectivity index (χ3v) is 5.07. The number of nitrogens with zero attached hydrogens (tertiary/aromatic N) is 2. The SMILES string of the molecule is CCc1ccc2c(c1)c(CCCN1CCNCC1)cn2C(C)C. The molecule has 1 fully saturated rings. The maximum atomic E-state index is 3.43. The van der Waals surface area contributed by atoms with Gasteiger partial charge in [0.1, 0.15) is 0 Å². The zero-order valence-electron chi connectivity index (χ0n) is 14.9. The van der Waals surface area contributed by atoms with Crippen molar-refractivity contribution in [1.82, 2.24) is 14.8 Å². The van der Waals surface area contributed by atoms with Crippen molar-refractivity contribution in [3.63, 3.8) is 0 Å². The van der Waals surface area contributed by atoms with Gasteiger partial charge in [-0.3, -0.25) is 0 Å². The Bertz CT molecular complexity index is 636. The molecule has 1 aromatic heterocycles. The lowest BCUT2D eigenvalue weighted by Crippen LogP contribution is -2.43. The maximum absolute atomic E-state index is 3.43. The minimum absolute atomic E-state index is 0.520. The second-order valence-corrected chi connectivity index (χ2v) is 7.06. The van der Waals surface area contributed by atoms with Crippen molar-refractivity contribution in [1.29, 1.82) is 0 Å². The number of benzene rings is 1. The number of aryl methyl sites for hydroxylation is 2. The van der Waals surface area contributed by atoms with Crippen molar-refractivity contribution >= 4 is 10.9 Å². The van der Waals surface area contributed by atoms with Crippen LogP contribution >= 0.6 is 0 Å². The molecule has 23 heavy (non-hydrogen) atoms. The summed E-state index contributed by atoms with van der Waals surface area (Å²) in [4.78, 5) is 2.59. The van der Waals surface area contributed by atoms with Gasteiger partial charge in [-0.25, -0.2) is 0 Å². The van der Waals surface area contributed by atoms with E-state index in [0.29, 0.717) is 6.04 Å². The molecule has 1 saturated heterocycles. The summed E-state index contributed by atoms with van der Waals surface area (Å²) in [5.41, 5.74) is 4.37. The zero-order valence-corrected chi connectivity index (χ0v) is 14.9. The van der Waals surface area contributed by atoms with Crippen molar-refractivity contribution in [3.8, 4) is 0 Å². The Kier molecular flexibility index (Phi) is 5.39. The largest absolute Gasteiger partial charge is 0.345 e. The second kappa shape index (κ2) is 7.50. The molecule has 3 nitrogen and oxygen atoms in total. The van der Waals surface area contributed by atoms with Gasteiger partial charge >= 0.3 is 0 Å². The Morgan fingerprint density at radius 3 is 2.65 bits per heavy atom. The topological polar surface area (TPSA) is 20.2 Å². The van der Waals surface area contributed by atoms with Gasteiger partial charge in [0, 0.05) is 49.3 Å². The fourth-order valence-electron chi connectivity index (χ4n) is 3.65. The van der Waals surface area contributed by atoms with E-state index in [0.717, 1.165) is 19.5 Å². The third-order valence-electron chi connectivity index (χ3n) is 5.07. The van der Waals surface area contributed by atoms with E-state index in [-0.39, 0.29) is 0 Å². The molecule has 2 heterocycles. The van der Waals surface area contributed by atoms with Crippen molar-refractivity contribution in [2.75, 3.05) is 32.7 Å². The standard InChI is InChI=1S/C20H31N3/c1-4-17-7-8-20-19(14-17)18(15-23(20)16(2)3)6-5-11-22-12-9-21-10-13-22/h7-8,14-16,21H,4-6,9-13H2,1-3H3. The molecule has 1 N–H and O–H groups in total. The van der Waals surface area contributed by atoms with Crippen molar-refractivity contribution < 1.29 is 0 Å². The molecule has 1 aliphatic heterocycles. The Morgan fingerprint density at radius 2 is 1.96 bits per heavy atom. The molecule has 0 bridgehead atoms. The van der Waals surface area contributed by atoms with Crippen LogP contribution < -0.4 is 5.32 Å². The molecule has 126 valence electrons. The van der Waals surface area contributed by atoms with E-state index in [2.05, 4.69) is 60.0 Å². The summed E-state index contributed by atoms with van der Waals surface area (Å²) in [6.45, 7) is 12.7. The Labute approximate surface area is 140 Å². The molecule has 1 aromatic carbocycles. The molecular formula is C20H31N3. The van der Waals surface area contributed by atoms with Crippen LogP contribution in [0.5, 0.6) is 0 Å². The zero-order chi connectivity index (χ0) is 16.2. The minimum atomic E-state index is 0.520. The van der Waals surface area contributed by atoms with Crippen LogP contribution in [0, 0.1) is 0 Å². The van der Waals surface area contributed by atoms with E-state index in [9.17, 15) is 0 Å². The predicted molar refractivity (Wildman–Crippen MR) is 99.3 cm³/mol. The van der Waals surface area contributed by atoms with Crippen molar-refractivity contribution in [2.24, 2.45) is 0 Å². The summed E-state index contributed by atoms with van der Waals surface area (Å²) in [6, 6.07) is 7.53. The number of aromatic nitrogens is 1. The van der Waals surface area contributed by atoms with Gasteiger partial charge in [0.2, 0.25) is 0 Å². The predicted octanol–water partition coefficient (Wildman–Crippen LogP) is 3.62. The summed E-state index contributed by atoms with van der Waals surface area (Å²) in [6.07, 6.45) is 5.95. The first-order chi connectivity index (χ1) is 11.2. The fraction of sp³-hybridized carbons (Fsp3) is 0.600. The number of rotatable bonds is 6. The summed E-state index contributed by atoms with van der Waals surface area (Å²) >= 11 is 0. The molecule has 0 spiro atoms. The Morgan fingerprint density at radius 1 is 1.17 bits per heavy atom. The summed E-state index contributed by atoms with van der Waals surface area (Å²) in [5.74, 6) is 0. The highest BCUT2D eigenvalue weighted by molar-refractivity contribution is 5.85. The number of hydrogen-bond donors (Lipinski definition) is 1. The average molecular weight is 313 g/mol. The summed E-state index contributed by atoms with van der Waals surface area (Å²) in [5, 5.41) is 4.90. The normalized spacial score (nSPS) is 16.5. The van der Waals surface area contributed by atoms with E-state index in [1.54, 1.807) is 0 Å². The molecule has 3 rings (SSSR count). The van der Waals surface area contributed by atoms with Crippen molar-refractivity contribution in [2.45, 2.75) is 46.1 Å². The molecule has 0 saturated carbocycles. The average Bonchev–Trinajstić information content (AvgIpc) is 2.94. The Hall–Kier alpha value is -1.32. The number of hydrogen-bond acceptors (Lipinski definition) is 2. The molecule has 0 aliphatic carbocycles. The van der Waals surface area contributed by atoms with E-state index in [4.69, 9.17) is 0 Å². The van der Waals surface area contributed by atoms with E-state index in [1.165, 1.54) is 54.5 Å². The molecule has 2 aromatic rings. The van der Waals surface area contributed by atoms with Gasteiger partial charge in [-0.15, -0.1) is 0 Å². The molecule has 0 amide bonds. The van der Waals surface area contributed by atoms with Gasteiger partial charge in [0.05, 0.1) is 0 Å². The van der Waals surface area contributed by atoms with Gasteiger partial charge in [0.15, 0.2) is 0 Å². The van der Waals surface area contributed by atoms with Crippen LogP contribution in [0.3, 0.4) is 0 Å². The van der Waals surface area contributed by atoms with Crippen LogP contribution in [0.4, 0.5) is 0 Å². The summed E-state index contributed by atoms with van der Waals surface area (Å²) in [7, 11) is 0. The van der Waals surface area contributed by atoms with E-state index < -0.39 is 0 Å². The van der Waals surface area contributed by atoms with Crippen LogP contribution in [0.1, 0.15) is 44.4 Å². The highest BCUT2D eigenvalue weighted by Gasteiger charge is 2.13. The summed E-state index contributed by atoms with van der Waals surface area (Å²) < 4.78 is 2.44. The van der Waals surface area contributed by atoms with Crippen LogP contribution in [-0.4, -0.2) is 42.2 Å². The van der Waals surface area contributed by atoms with E-state index >= 15 is 0 Å². The first-order valence-electron chi connectivity index (χ1n) is 9.24. The van der Waals surface area contributed by atoms with Crippen LogP contribution in [-0.2, 0) is 12.8 Å². The molecular weight excluding hydrogens is 282 g/mol. The highest BCUT2D eigenvalue weighted by Crippen LogP contribution is 2.27. The quantitative estimate of drug-likeness (QED) is 0.879.